The highest BCUT2D eigenvalue weighted by Gasteiger charge is 2.55. The van der Waals surface area contributed by atoms with Gasteiger partial charge >= 0.3 is 0 Å². The molecular formula is C42H52N2O4. The minimum Gasteiger partial charge on any atom is -0.508 e. The molecule has 3 aromatic rings. The number of methoxy groups -OCH3 is 1. The van der Waals surface area contributed by atoms with E-state index in [1.54, 1.807) is 25.3 Å². The third-order valence-corrected chi connectivity index (χ3v) is 13.7. The molecule has 0 saturated heterocycles. The predicted octanol–water partition coefficient (Wildman–Crippen LogP) is 8.20. The first kappa shape index (κ1) is 30.8. The molecule has 254 valence electrons. The molecule has 8 saturated carbocycles. The molecule has 4 N–H and O–H groups in total. The smallest absolute Gasteiger partial charge is 0.127 e. The monoisotopic (exact) mass is 648 g/mol. The predicted molar refractivity (Wildman–Crippen MR) is 187 cm³/mol. The van der Waals surface area contributed by atoms with Gasteiger partial charge in [-0.25, -0.2) is 0 Å². The molecule has 0 aromatic heterocycles. The van der Waals surface area contributed by atoms with Crippen LogP contribution in [0.4, 0.5) is 0 Å². The fourth-order valence-corrected chi connectivity index (χ4v) is 12.3. The van der Waals surface area contributed by atoms with E-state index in [0.717, 1.165) is 65.0 Å². The van der Waals surface area contributed by atoms with Gasteiger partial charge in [0.1, 0.15) is 29.6 Å². The van der Waals surface area contributed by atoms with Crippen molar-refractivity contribution < 1.29 is 19.7 Å². The second-order valence-electron chi connectivity index (χ2n) is 17.0. The maximum atomic E-state index is 10.9. The standard InChI is InChI=1S/C42H52N2O4/c1-47-39-15-36(45)8-6-33(39)24-44-42-20-30-13-34(21-42)40(35(14-30)22-42)31-4-2-26(3-5-31)25-48-37-9-7-32(38(46)16-37)23-43-41-17-27-10-28(18-41)12-29(11-27)19-41/h2-9,15-16,27-30,34-35,40,43-46H,10-14,17-25H2,1H3. The maximum Gasteiger partial charge on any atom is 0.127 e. The Balaban J connectivity index is 0.799. The van der Waals surface area contributed by atoms with Crippen LogP contribution in [0.15, 0.2) is 60.7 Å². The molecule has 3 aromatic carbocycles. The van der Waals surface area contributed by atoms with Crippen LogP contribution >= 0.6 is 0 Å². The zero-order valence-corrected chi connectivity index (χ0v) is 28.4. The second kappa shape index (κ2) is 12.0. The van der Waals surface area contributed by atoms with Crippen LogP contribution in [0, 0.1) is 35.5 Å². The summed E-state index contributed by atoms with van der Waals surface area (Å²) in [6.45, 7) is 2.00. The number of phenols is 2. The number of benzene rings is 3. The number of nitrogens with one attached hydrogen (secondary N) is 2. The quantitative estimate of drug-likeness (QED) is 0.168. The van der Waals surface area contributed by atoms with Crippen molar-refractivity contribution in [2.45, 2.75) is 107 Å². The van der Waals surface area contributed by atoms with Crippen LogP contribution in [0.1, 0.15) is 98.8 Å². The van der Waals surface area contributed by atoms with E-state index in [-0.39, 0.29) is 11.3 Å². The second-order valence-corrected chi connectivity index (χ2v) is 17.0. The van der Waals surface area contributed by atoms with Crippen molar-refractivity contribution in [2.75, 3.05) is 7.11 Å². The number of ether oxygens (including phenoxy) is 2. The highest BCUT2D eigenvalue weighted by molar-refractivity contribution is 5.41. The fraction of sp³-hybridized carbons (Fsp3) is 0.571. The summed E-state index contributed by atoms with van der Waals surface area (Å²) in [5, 5.41) is 28.7. The van der Waals surface area contributed by atoms with Crippen LogP contribution in [-0.4, -0.2) is 28.4 Å². The van der Waals surface area contributed by atoms with E-state index < -0.39 is 0 Å². The van der Waals surface area contributed by atoms with Gasteiger partial charge in [0.25, 0.3) is 0 Å². The van der Waals surface area contributed by atoms with Crippen LogP contribution in [0.25, 0.3) is 0 Å². The Bertz CT molecular complexity index is 1600. The molecule has 0 aliphatic heterocycles. The summed E-state index contributed by atoms with van der Waals surface area (Å²) in [7, 11) is 1.67. The molecule has 8 aliphatic rings. The van der Waals surface area contributed by atoms with Crippen LogP contribution in [0.2, 0.25) is 0 Å². The molecule has 6 heteroatoms. The van der Waals surface area contributed by atoms with Gasteiger partial charge < -0.3 is 30.3 Å². The minimum atomic E-state index is 0.204. The zero-order valence-electron chi connectivity index (χ0n) is 28.4. The molecule has 8 fully saturated rings. The number of phenolic OH excluding ortho intramolecular Hbond substituents is 2. The Morgan fingerprint density at radius 3 is 1.88 bits per heavy atom. The lowest BCUT2D eigenvalue weighted by atomic mass is 9.48. The first-order valence-electron chi connectivity index (χ1n) is 18.7. The van der Waals surface area contributed by atoms with Crippen molar-refractivity contribution in [2.24, 2.45) is 35.5 Å². The lowest BCUT2D eigenvalue weighted by Crippen LogP contribution is -2.60. The van der Waals surface area contributed by atoms with Crippen molar-refractivity contribution in [3.05, 3.63) is 82.9 Å². The summed E-state index contributed by atoms with van der Waals surface area (Å²) in [5.41, 5.74) is 5.22. The van der Waals surface area contributed by atoms with Gasteiger partial charge in [0, 0.05) is 47.4 Å². The molecule has 11 rings (SSSR count). The van der Waals surface area contributed by atoms with Gasteiger partial charge in [-0.05, 0) is 135 Å². The Hall–Kier alpha value is -3.22. The van der Waals surface area contributed by atoms with Gasteiger partial charge in [0.05, 0.1) is 7.11 Å². The molecule has 0 radical (unpaired) electrons. The largest absolute Gasteiger partial charge is 0.508 e. The first-order valence-corrected chi connectivity index (χ1v) is 18.7. The van der Waals surface area contributed by atoms with E-state index in [9.17, 15) is 10.2 Å². The number of aromatic hydroxyl groups is 2. The highest BCUT2D eigenvalue weighted by Crippen LogP contribution is 2.61. The molecule has 0 amide bonds. The van der Waals surface area contributed by atoms with Crippen LogP contribution in [0.5, 0.6) is 23.0 Å². The van der Waals surface area contributed by atoms with E-state index in [4.69, 9.17) is 9.47 Å². The van der Waals surface area contributed by atoms with Crippen LogP contribution < -0.4 is 20.1 Å². The minimum absolute atomic E-state index is 0.204. The van der Waals surface area contributed by atoms with E-state index >= 15 is 0 Å². The van der Waals surface area contributed by atoms with E-state index in [0.29, 0.717) is 35.6 Å². The average molecular weight is 649 g/mol. The van der Waals surface area contributed by atoms with Gasteiger partial charge in [-0.2, -0.15) is 0 Å². The molecule has 8 bridgehead atoms. The molecule has 0 heterocycles. The number of hydrogen-bond acceptors (Lipinski definition) is 6. The molecular weight excluding hydrogens is 596 g/mol. The molecule has 48 heavy (non-hydrogen) atoms. The summed E-state index contributed by atoms with van der Waals surface area (Å²) >= 11 is 0. The summed E-state index contributed by atoms with van der Waals surface area (Å²) in [5.74, 6) is 7.67. The SMILES string of the molecule is COc1cc(O)ccc1CNC12CC3CC(C1)C(c1ccc(COc4ccc(CNC56CC7CC(CC(C7)C5)C6)c(O)c4)cc1)C(C3)C2. The van der Waals surface area contributed by atoms with Gasteiger partial charge in [0.15, 0.2) is 0 Å². The number of rotatable bonds is 11. The van der Waals surface area contributed by atoms with Gasteiger partial charge in [-0.15, -0.1) is 0 Å². The summed E-state index contributed by atoms with van der Waals surface area (Å²) in [6, 6.07) is 20.5. The molecule has 2 unspecified atom stereocenters. The van der Waals surface area contributed by atoms with Crippen molar-refractivity contribution in [1.29, 1.82) is 0 Å². The molecule has 8 aliphatic carbocycles. The summed E-state index contributed by atoms with van der Waals surface area (Å²) < 4.78 is 11.7. The third kappa shape index (κ3) is 5.77. The van der Waals surface area contributed by atoms with E-state index in [2.05, 4.69) is 34.9 Å². The topological polar surface area (TPSA) is 83.0 Å². The van der Waals surface area contributed by atoms with Crippen molar-refractivity contribution in [3.8, 4) is 23.0 Å². The summed E-state index contributed by atoms with van der Waals surface area (Å²) in [4.78, 5) is 0. The van der Waals surface area contributed by atoms with E-state index in [1.807, 2.05) is 18.2 Å². The fourth-order valence-electron chi connectivity index (χ4n) is 12.3. The van der Waals surface area contributed by atoms with Gasteiger partial charge in [-0.3, -0.25) is 0 Å². The lowest BCUT2D eigenvalue weighted by molar-refractivity contribution is -0.0391. The first-order chi connectivity index (χ1) is 23.3. The number of hydrogen-bond donors (Lipinski definition) is 4. The van der Waals surface area contributed by atoms with Crippen molar-refractivity contribution in [1.82, 2.24) is 10.6 Å². The Labute approximate surface area is 285 Å². The van der Waals surface area contributed by atoms with Gasteiger partial charge in [-0.1, -0.05) is 36.4 Å². The maximum absolute atomic E-state index is 10.9. The highest BCUT2D eigenvalue weighted by atomic mass is 16.5. The molecule has 6 nitrogen and oxygen atoms in total. The Morgan fingerprint density at radius 1 is 0.667 bits per heavy atom. The van der Waals surface area contributed by atoms with Crippen molar-refractivity contribution >= 4 is 0 Å². The zero-order chi connectivity index (χ0) is 32.5. The molecule has 0 spiro atoms. The van der Waals surface area contributed by atoms with Crippen molar-refractivity contribution in [3.63, 3.8) is 0 Å². The third-order valence-electron chi connectivity index (χ3n) is 13.7. The Kier molecular flexibility index (Phi) is 7.69. The van der Waals surface area contributed by atoms with E-state index in [1.165, 1.54) is 76.2 Å². The van der Waals surface area contributed by atoms with Crippen LogP contribution in [-0.2, 0) is 19.7 Å². The van der Waals surface area contributed by atoms with Gasteiger partial charge in [0.2, 0.25) is 0 Å². The lowest BCUT2D eigenvalue weighted by Gasteiger charge is -2.60. The molecule has 2 atom stereocenters. The summed E-state index contributed by atoms with van der Waals surface area (Å²) in [6.07, 6.45) is 14.7. The van der Waals surface area contributed by atoms with Crippen LogP contribution in [0.3, 0.4) is 0 Å². The average Bonchev–Trinajstić information content (AvgIpc) is 3.06. The normalized spacial score (nSPS) is 35.6. The Morgan fingerprint density at radius 2 is 1.25 bits per heavy atom.